The van der Waals surface area contributed by atoms with Gasteiger partial charge in [0.2, 0.25) is 35.4 Å². The summed E-state index contributed by atoms with van der Waals surface area (Å²) in [6, 6.07) is -6.60. The van der Waals surface area contributed by atoms with Gasteiger partial charge in [0.1, 0.15) is 47.4 Å². The zero-order chi connectivity index (χ0) is 43.0. The summed E-state index contributed by atoms with van der Waals surface area (Å²) in [7, 11) is 0. The van der Waals surface area contributed by atoms with E-state index in [1.807, 2.05) is 34.0 Å². The Labute approximate surface area is 330 Å². The number of rotatable bonds is 22. The van der Waals surface area contributed by atoms with Crippen molar-refractivity contribution in [1.82, 2.24) is 37.2 Å². The quantitative estimate of drug-likeness (QED) is 0.0785. The Morgan fingerprint density at radius 1 is 0.600 bits per heavy atom. The molecular weight excluding hydrogens is 735 g/mol. The molecule has 0 aliphatic heterocycles. The summed E-state index contributed by atoms with van der Waals surface area (Å²) in [5.74, 6) is -5.29. The molecule has 55 heavy (non-hydrogen) atoms. The zero-order valence-electron chi connectivity index (χ0n) is 35.1. The number of carboxylic acid groups (broad SMARTS) is 1. The normalized spacial score (nSPS) is 15.1. The lowest BCUT2D eigenvalue weighted by atomic mass is 9.97. The van der Waals surface area contributed by atoms with Crippen LogP contribution >= 0.6 is 11.8 Å². The third kappa shape index (κ3) is 19.9. The molecule has 7 amide bonds. The van der Waals surface area contributed by atoms with Crippen molar-refractivity contribution >= 4 is 59.3 Å². The molecule has 18 heteroatoms. The first-order valence-corrected chi connectivity index (χ1v) is 20.1. The van der Waals surface area contributed by atoms with Gasteiger partial charge in [-0.2, -0.15) is 11.8 Å². The van der Waals surface area contributed by atoms with Crippen LogP contribution in [-0.2, 0) is 38.3 Å². The molecule has 0 radical (unpaired) electrons. The summed E-state index contributed by atoms with van der Waals surface area (Å²) in [6.07, 6.45) is 1.72. The fourth-order valence-corrected chi connectivity index (χ4v) is 5.47. The van der Waals surface area contributed by atoms with Gasteiger partial charge in [-0.1, -0.05) is 41.5 Å². The van der Waals surface area contributed by atoms with Gasteiger partial charge in [0.25, 0.3) is 0 Å². The van der Waals surface area contributed by atoms with Crippen molar-refractivity contribution < 1.29 is 48.2 Å². The molecule has 0 heterocycles. The van der Waals surface area contributed by atoms with Crippen LogP contribution in [0.3, 0.4) is 0 Å². The Balaban J connectivity index is 5.74. The Morgan fingerprint density at radius 2 is 1.07 bits per heavy atom. The Morgan fingerprint density at radius 3 is 1.51 bits per heavy atom. The fourth-order valence-electron chi connectivity index (χ4n) is 5.00. The Kier molecular flexibility index (Phi) is 21.4. The van der Waals surface area contributed by atoms with Gasteiger partial charge in [0.05, 0.1) is 0 Å². The largest absolute Gasteiger partial charge is 0.480 e. The minimum atomic E-state index is -1.59. The minimum Gasteiger partial charge on any atom is -0.480 e. The van der Waals surface area contributed by atoms with E-state index in [0.717, 1.165) is 0 Å². The van der Waals surface area contributed by atoms with E-state index < -0.39 is 101 Å². The van der Waals surface area contributed by atoms with Crippen molar-refractivity contribution in [1.29, 1.82) is 0 Å². The number of aliphatic carboxylic acids is 1. The standard InChI is InChI=1S/C37H67N7O10S/c1-19(2)17-25(40-28(45)22(7)38-30(47)24(15-16-55-14)42-35(53)54-36(9,10)11)31(48)44-37(12,13)34(52)43-27(21(5)6)32(49)39-23(8)29(46)41-26(33(50)51)18-20(3)4/h19-27H,15-18H2,1-14H3,(H,38,47)(H,39,49)(H,40,45)(H,41,46)(H,42,53)(H,43,52)(H,44,48)(H,50,51)/t22-,23-,24-,25-,26-,27-/m0/s1. The van der Waals surface area contributed by atoms with Gasteiger partial charge in [-0.3, -0.25) is 28.8 Å². The van der Waals surface area contributed by atoms with Gasteiger partial charge < -0.3 is 47.1 Å². The van der Waals surface area contributed by atoms with Crippen LogP contribution in [-0.4, -0.2) is 112 Å². The fraction of sp³-hybridized carbons (Fsp3) is 0.784. The number of amides is 7. The van der Waals surface area contributed by atoms with Gasteiger partial charge in [0, 0.05) is 0 Å². The summed E-state index contributed by atoms with van der Waals surface area (Å²) in [5.41, 5.74) is -2.37. The Hall–Kier alpha value is -4.09. The van der Waals surface area contributed by atoms with Crippen LogP contribution in [0, 0.1) is 17.8 Å². The number of thioether (sulfide) groups is 1. The molecule has 8 N–H and O–H groups in total. The van der Waals surface area contributed by atoms with Crippen molar-refractivity contribution in [2.24, 2.45) is 17.8 Å². The molecule has 0 fully saturated rings. The van der Waals surface area contributed by atoms with Crippen LogP contribution < -0.4 is 37.2 Å². The second-order valence-electron chi connectivity index (χ2n) is 16.5. The summed E-state index contributed by atoms with van der Waals surface area (Å²) < 4.78 is 5.28. The molecule has 0 bridgehead atoms. The number of alkyl carbamates (subject to hydrolysis) is 1. The highest BCUT2D eigenvalue weighted by Gasteiger charge is 2.37. The minimum absolute atomic E-state index is 0.00675. The molecule has 6 atom stereocenters. The van der Waals surface area contributed by atoms with Gasteiger partial charge in [0.15, 0.2) is 0 Å². The molecule has 0 aliphatic rings. The molecule has 0 aliphatic carbocycles. The molecule has 0 aromatic heterocycles. The SMILES string of the molecule is CSCC[C@H](NC(=O)OC(C)(C)C)C(=O)N[C@@H](C)C(=O)N[C@@H](CC(C)C)C(=O)NC(C)(C)C(=O)N[C@H](C(=O)N[C@@H](C)C(=O)N[C@@H](CC(C)C)C(=O)O)C(C)C. The first kappa shape index (κ1) is 50.9. The van der Waals surface area contributed by atoms with Crippen LogP contribution in [0.2, 0.25) is 0 Å². The predicted molar refractivity (Wildman–Crippen MR) is 211 cm³/mol. The first-order valence-electron chi connectivity index (χ1n) is 18.7. The highest BCUT2D eigenvalue weighted by Crippen LogP contribution is 2.13. The first-order chi connectivity index (χ1) is 25.1. The number of carbonyl (C=O) groups is 8. The van der Waals surface area contributed by atoms with E-state index in [1.165, 1.54) is 39.5 Å². The number of carboxylic acids is 1. The number of nitrogens with one attached hydrogen (secondary N) is 7. The summed E-state index contributed by atoms with van der Waals surface area (Å²) in [6.45, 7) is 21.4. The molecular formula is C37H67N7O10S. The lowest BCUT2D eigenvalue weighted by molar-refractivity contribution is -0.142. The molecule has 17 nitrogen and oxygen atoms in total. The molecule has 0 saturated heterocycles. The van der Waals surface area contributed by atoms with Crippen LogP contribution in [0.25, 0.3) is 0 Å². The summed E-state index contributed by atoms with van der Waals surface area (Å²) in [5, 5.41) is 27.5. The lowest BCUT2D eigenvalue weighted by Gasteiger charge is -2.32. The maximum absolute atomic E-state index is 13.6. The third-order valence-electron chi connectivity index (χ3n) is 8.02. The highest BCUT2D eigenvalue weighted by atomic mass is 32.2. The van der Waals surface area contributed by atoms with Gasteiger partial charge in [-0.05, 0) is 97.5 Å². The van der Waals surface area contributed by atoms with Crippen molar-refractivity contribution in [2.75, 3.05) is 12.0 Å². The van der Waals surface area contributed by atoms with E-state index in [1.54, 1.807) is 34.6 Å². The van der Waals surface area contributed by atoms with Crippen LogP contribution in [0.5, 0.6) is 0 Å². The van der Waals surface area contributed by atoms with E-state index in [0.29, 0.717) is 5.75 Å². The Bertz CT molecular complexity index is 1350. The second kappa shape index (κ2) is 23.1. The van der Waals surface area contributed by atoms with E-state index in [-0.39, 0.29) is 31.1 Å². The number of carbonyl (C=O) groups excluding carboxylic acids is 7. The monoisotopic (exact) mass is 801 g/mol. The van der Waals surface area contributed by atoms with Crippen molar-refractivity contribution in [2.45, 2.75) is 157 Å². The van der Waals surface area contributed by atoms with Gasteiger partial charge >= 0.3 is 12.1 Å². The second-order valence-corrected chi connectivity index (χ2v) is 17.5. The average Bonchev–Trinajstić information content (AvgIpc) is 3.02. The molecule has 0 aromatic rings. The lowest BCUT2D eigenvalue weighted by Crippen LogP contribution is -2.63. The van der Waals surface area contributed by atoms with Crippen LogP contribution in [0.15, 0.2) is 0 Å². The zero-order valence-corrected chi connectivity index (χ0v) is 35.9. The smallest absolute Gasteiger partial charge is 0.408 e. The molecule has 0 aromatic carbocycles. The average molecular weight is 802 g/mol. The molecule has 0 unspecified atom stereocenters. The van der Waals surface area contributed by atoms with Crippen LogP contribution in [0.4, 0.5) is 4.79 Å². The molecule has 0 saturated carbocycles. The van der Waals surface area contributed by atoms with Crippen molar-refractivity contribution in [3.05, 3.63) is 0 Å². The predicted octanol–water partition coefficient (Wildman–Crippen LogP) is 1.82. The van der Waals surface area contributed by atoms with E-state index in [9.17, 15) is 43.5 Å². The number of hydrogen-bond donors (Lipinski definition) is 8. The van der Waals surface area contributed by atoms with Crippen molar-refractivity contribution in [3.63, 3.8) is 0 Å². The topological polar surface area (TPSA) is 250 Å². The molecule has 0 spiro atoms. The summed E-state index contributed by atoms with van der Waals surface area (Å²) >= 11 is 1.47. The maximum atomic E-state index is 13.6. The van der Waals surface area contributed by atoms with E-state index in [2.05, 4.69) is 37.2 Å². The molecule has 0 rings (SSSR count). The third-order valence-corrected chi connectivity index (χ3v) is 8.67. The molecule has 316 valence electrons. The highest BCUT2D eigenvalue weighted by molar-refractivity contribution is 7.98. The van der Waals surface area contributed by atoms with Crippen LogP contribution in [0.1, 0.15) is 109 Å². The van der Waals surface area contributed by atoms with E-state index in [4.69, 9.17) is 4.74 Å². The maximum Gasteiger partial charge on any atom is 0.408 e. The van der Waals surface area contributed by atoms with Gasteiger partial charge in [-0.25, -0.2) is 9.59 Å². The number of hydrogen-bond acceptors (Lipinski definition) is 10. The van der Waals surface area contributed by atoms with E-state index >= 15 is 0 Å². The van der Waals surface area contributed by atoms with Crippen molar-refractivity contribution in [3.8, 4) is 0 Å². The number of ether oxygens (including phenoxy) is 1. The summed E-state index contributed by atoms with van der Waals surface area (Å²) in [4.78, 5) is 104. The van der Waals surface area contributed by atoms with Gasteiger partial charge in [-0.15, -0.1) is 0 Å².